The molecule has 0 aliphatic carbocycles. The van der Waals surface area contributed by atoms with E-state index in [2.05, 4.69) is 4.98 Å². The monoisotopic (exact) mass is 307 g/mol. The van der Waals surface area contributed by atoms with Crippen molar-refractivity contribution in [1.29, 1.82) is 0 Å². The maximum atomic E-state index is 11.3. The van der Waals surface area contributed by atoms with Crippen LogP contribution >= 0.6 is 10.7 Å². The van der Waals surface area contributed by atoms with Crippen molar-refractivity contribution in [2.75, 3.05) is 0 Å². The molecule has 0 aliphatic rings. The van der Waals surface area contributed by atoms with Crippen LogP contribution in [0.1, 0.15) is 5.56 Å². The van der Waals surface area contributed by atoms with Gasteiger partial charge in [-0.1, -0.05) is 30.3 Å². The lowest BCUT2D eigenvalue weighted by atomic mass is 10.1. The third-order valence-electron chi connectivity index (χ3n) is 2.87. The number of halogens is 1. The lowest BCUT2D eigenvalue weighted by molar-refractivity contribution is 0.608. The van der Waals surface area contributed by atoms with Crippen molar-refractivity contribution in [2.45, 2.75) is 5.75 Å². The Labute approximate surface area is 120 Å². The third-order valence-corrected chi connectivity index (χ3v) is 3.85. The highest BCUT2D eigenvalue weighted by molar-refractivity contribution is 8.13. The van der Waals surface area contributed by atoms with Crippen LogP contribution in [0.2, 0.25) is 0 Å². The first-order chi connectivity index (χ1) is 9.53. The van der Waals surface area contributed by atoms with Gasteiger partial charge in [-0.05, 0) is 23.8 Å². The Morgan fingerprint density at radius 2 is 1.75 bits per heavy atom. The van der Waals surface area contributed by atoms with Gasteiger partial charge in [0.1, 0.15) is 5.52 Å². The molecule has 1 heterocycles. The molecule has 0 atom stereocenters. The topological polar surface area (TPSA) is 60.2 Å². The summed E-state index contributed by atoms with van der Waals surface area (Å²) in [5.41, 5.74) is 2.58. The van der Waals surface area contributed by atoms with Gasteiger partial charge in [0.2, 0.25) is 14.9 Å². The summed E-state index contributed by atoms with van der Waals surface area (Å²) in [5, 5.41) is 0. The highest BCUT2D eigenvalue weighted by Gasteiger charge is 2.15. The van der Waals surface area contributed by atoms with E-state index in [1.807, 2.05) is 24.3 Å². The highest BCUT2D eigenvalue weighted by atomic mass is 35.7. The number of hydrogen-bond acceptors (Lipinski definition) is 4. The summed E-state index contributed by atoms with van der Waals surface area (Å²) in [6.07, 6.45) is 0. The Bertz CT molecular complexity index is 838. The number of para-hydroxylation sites is 2. The third kappa shape index (κ3) is 2.69. The second-order valence-electron chi connectivity index (χ2n) is 4.33. The molecule has 3 rings (SSSR count). The maximum absolute atomic E-state index is 11.3. The SMILES string of the molecule is O=S(=O)(Cl)Cc1ccccc1-c1nc2ccccc2o1. The fourth-order valence-electron chi connectivity index (χ4n) is 2.03. The van der Waals surface area contributed by atoms with E-state index in [-0.39, 0.29) is 5.75 Å². The molecule has 0 N–H and O–H groups in total. The Morgan fingerprint density at radius 3 is 2.50 bits per heavy atom. The van der Waals surface area contributed by atoms with Gasteiger partial charge in [0.05, 0.1) is 5.75 Å². The van der Waals surface area contributed by atoms with Crippen LogP contribution in [-0.4, -0.2) is 13.4 Å². The molecule has 6 heteroatoms. The van der Waals surface area contributed by atoms with E-state index >= 15 is 0 Å². The van der Waals surface area contributed by atoms with Crippen molar-refractivity contribution in [2.24, 2.45) is 0 Å². The number of hydrogen-bond donors (Lipinski definition) is 0. The number of aromatic nitrogens is 1. The molecule has 0 fully saturated rings. The fraction of sp³-hybridized carbons (Fsp3) is 0.0714. The molecule has 102 valence electrons. The second-order valence-corrected chi connectivity index (χ2v) is 7.10. The van der Waals surface area contributed by atoms with Gasteiger partial charge in [-0.15, -0.1) is 0 Å². The molecule has 0 radical (unpaired) electrons. The number of rotatable bonds is 3. The van der Waals surface area contributed by atoms with E-state index < -0.39 is 9.05 Å². The predicted molar refractivity (Wildman–Crippen MR) is 77.9 cm³/mol. The van der Waals surface area contributed by atoms with Crippen molar-refractivity contribution in [3.05, 3.63) is 54.1 Å². The zero-order valence-corrected chi connectivity index (χ0v) is 11.9. The molecule has 0 saturated carbocycles. The van der Waals surface area contributed by atoms with Crippen molar-refractivity contribution < 1.29 is 12.8 Å². The minimum Gasteiger partial charge on any atom is -0.436 e. The van der Waals surface area contributed by atoms with Gasteiger partial charge in [0.15, 0.2) is 5.58 Å². The molecule has 3 aromatic rings. The largest absolute Gasteiger partial charge is 0.436 e. The van der Waals surface area contributed by atoms with Crippen LogP contribution < -0.4 is 0 Å². The normalized spacial score (nSPS) is 11.8. The summed E-state index contributed by atoms with van der Waals surface area (Å²) in [4.78, 5) is 4.37. The van der Waals surface area contributed by atoms with Gasteiger partial charge in [0, 0.05) is 16.2 Å². The molecule has 0 saturated heterocycles. The Balaban J connectivity index is 2.14. The molecule has 4 nitrogen and oxygen atoms in total. The zero-order valence-electron chi connectivity index (χ0n) is 10.3. The van der Waals surface area contributed by atoms with E-state index in [9.17, 15) is 8.42 Å². The zero-order chi connectivity index (χ0) is 14.2. The van der Waals surface area contributed by atoms with Gasteiger partial charge in [-0.25, -0.2) is 13.4 Å². The van der Waals surface area contributed by atoms with E-state index in [4.69, 9.17) is 15.1 Å². The highest BCUT2D eigenvalue weighted by Crippen LogP contribution is 2.28. The van der Waals surface area contributed by atoms with Gasteiger partial charge in [-0.2, -0.15) is 0 Å². The van der Waals surface area contributed by atoms with Crippen LogP contribution in [0.5, 0.6) is 0 Å². The molecule has 1 aromatic heterocycles. The second kappa shape index (κ2) is 4.92. The molecule has 0 unspecified atom stereocenters. The number of fused-ring (bicyclic) bond motifs is 1. The van der Waals surface area contributed by atoms with Crippen LogP contribution in [0.15, 0.2) is 52.9 Å². The summed E-state index contributed by atoms with van der Waals surface area (Å²) in [7, 11) is 1.69. The standard InChI is InChI=1S/C14H10ClNO3S/c15-20(17,18)9-10-5-1-2-6-11(10)14-16-12-7-3-4-8-13(12)19-14/h1-8H,9H2. The van der Waals surface area contributed by atoms with Crippen molar-refractivity contribution in [3.8, 4) is 11.5 Å². The van der Waals surface area contributed by atoms with E-state index in [1.54, 1.807) is 24.3 Å². The van der Waals surface area contributed by atoms with Crippen LogP contribution in [0, 0.1) is 0 Å². The molecular formula is C14H10ClNO3S. The first-order valence-corrected chi connectivity index (χ1v) is 8.37. The molecule has 20 heavy (non-hydrogen) atoms. The average molecular weight is 308 g/mol. The van der Waals surface area contributed by atoms with Gasteiger partial charge >= 0.3 is 0 Å². The van der Waals surface area contributed by atoms with Gasteiger partial charge in [-0.3, -0.25) is 0 Å². The molecule has 0 spiro atoms. The number of oxazole rings is 1. The van der Waals surface area contributed by atoms with E-state index in [1.165, 1.54) is 0 Å². The van der Waals surface area contributed by atoms with Crippen LogP contribution in [-0.2, 0) is 14.8 Å². The summed E-state index contributed by atoms with van der Waals surface area (Å²) in [6.45, 7) is 0. The smallest absolute Gasteiger partial charge is 0.236 e. The van der Waals surface area contributed by atoms with Crippen LogP contribution in [0.4, 0.5) is 0 Å². The molecule has 0 bridgehead atoms. The predicted octanol–water partition coefficient (Wildman–Crippen LogP) is 3.56. The Morgan fingerprint density at radius 1 is 1.05 bits per heavy atom. The average Bonchev–Trinajstić information content (AvgIpc) is 2.81. The summed E-state index contributed by atoms with van der Waals surface area (Å²) in [6, 6.07) is 14.4. The molecule has 2 aromatic carbocycles. The van der Waals surface area contributed by atoms with Crippen molar-refractivity contribution in [3.63, 3.8) is 0 Å². The fourth-order valence-corrected chi connectivity index (χ4v) is 3.00. The Hall–Kier alpha value is -1.85. The maximum Gasteiger partial charge on any atom is 0.236 e. The quantitative estimate of drug-likeness (QED) is 0.694. The molecule has 0 aliphatic heterocycles. The minimum atomic E-state index is -3.63. The summed E-state index contributed by atoms with van der Waals surface area (Å²) < 4.78 is 28.2. The van der Waals surface area contributed by atoms with Crippen LogP contribution in [0.3, 0.4) is 0 Å². The molecule has 0 amide bonds. The lowest BCUT2D eigenvalue weighted by Crippen LogP contribution is -1.97. The van der Waals surface area contributed by atoms with Gasteiger partial charge in [0.25, 0.3) is 0 Å². The van der Waals surface area contributed by atoms with E-state index in [0.29, 0.717) is 22.6 Å². The lowest BCUT2D eigenvalue weighted by Gasteiger charge is -2.03. The van der Waals surface area contributed by atoms with Crippen LogP contribution in [0.25, 0.3) is 22.6 Å². The number of benzene rings is 2. The van der Waals surface area contributed by atoms with E-state index in [0.717, 1.165) is 5.52 Å². The van der Waals surface area contributed by atoms with Gasteiger partial charge < -0.3 is 4.42 Å². The number of nitrogens with zero attached hydrogens (tertiary/aromatic N) is 1. The minimum absolute atomic E-state index is 0.260. The Kier molecular flexibility index (Phi) is 3.23. The summed E-state index contributed by atoms with van der Waals surface area (Å²) in [5.74, 6) is 0.130. The van der Waals surface area contributed by atoms with Crippen molar-refractivity contribution in [1.82, 2.24) is 4.98 Å². The summed E-state index contributed by atoms with van der Waals surface area (Å²) >= 11 is 0. The van der Waals surface area contributed by atoms with Crippen molar-refractivity contribution >= 4 is 30.8 Å². The molecular weight excluding hydrogens is 298 g/mol. The first kappa shape index (κ1) is 13.1. The first-order valence-electron chi connectivity index (χ1n) is 5.89.